The standard InChI is InChI=1S/C27H26O11.C21H16O7/c1-11-22(28)23(29)24(30)27(37-11)38-25-14-8-18(33-3)17(32-2)7-13(14)20(21-15(25)9-34-26(21)31)12-4-5-16-19(6-12)36-10-35-16;1-24-15-6-11-12(7-16(15)25-2)20(22)13-8-26-21(23)19(13)18(11)10-3-4-14-17(5-10)28-9-27-14/h4-8,11,22-24,27-30H,9-10H2,1-3H3;3-7,22H,8-9H2,1-2H3. The lowest BCUT2D eigenvalue weighted by Crippen LogP contribution is -2.58. The maximum absolute atomic E-state index is 13.1. The quantitative estimate of drug-likeness (QED) is 0.133. The van der Waals surface area contributed by atoms with Crippen molar-refractivity contribution < 1.29 is 86.9 Å². The molecule has 5 aliphatic heterocycles. The van der Waals surface area contributed by atoms with Gasteiger partial charge >= 0.3 is 11.9 Å². The number of fused-ring (bicyclic) bond motifs is 6. The number of methoxy groups -OCH3 is 4. The van der Waals surface area contributed by atoms with E-state index in [2.05, 4.69) is 0 Å². The number of ether oxygens (including phenoxy) is 12. The van der Waals surface area contributed by atoms with Crippen LogP contribution in [-0.4, -0.2) is 105 Å². The molecular weight excluding hydrogens is 865 g/mol. The molecule has 18 heteroatoms. The summed E-state index contributed by atoms with van der Waals surface area (Å²) in [5, 5.41) is 44.2. The Morgan fingerprint density at radius 2 is 0.970 bits per heavy atom. The Labute approximate surface area is 375 Å². The van der Waals surface area contributed by atoms with Crippen LogP contribution in [0.25, 0.3) is 43.8 Å². The molecule has 5 unspecified atom stereocenters. The first kappa shape index (κ1) is 42.6. The first-order valence-electron chi connectivity index (χ1n) is 20.6. The fourth-order valence-corrected chi connectivity index (χ4v) is 8.90. The number of phenolic OH excluding ortho intramolecular Hbond substituents is 1. The Bertz CT molecular complexity index is 2980. The molecule has 5 atom stereocenters. The highest BCUT2D eigenvalue weighted by Crippen LogP contribution is 2.51. The van der Waals surface area contributed by atoms with Crippen LogP contribution in [0.4, 0.5) is 0 Å². The normalized spacial score (nSPS) is 20.8. The second kappa shape index (κ2) is 16.6. The molecule has 342 valence electrons. The number of benzene rings is 6. The molecule has 6 aromatic rings. The van der Waals surface area contributed by atoms with Gasteiger partial charge in [-0.15, -0.1) is 0 Å². The van der Waals surface area contributed by atoms with Crippen LogP contribution >= 0.6 is 0 Å². The highest BCUT2D eigenvalue weighted by atomic mass is 16.7. The highest BCUT2D eigenvalue weighted by Gasteiger charge is 2.44. The number of carbonyl (C=O) groups excluding carboxylic acids is 2. The summed E-state index contributed by atoms with van der Waals surface area (Å²) in [6, 6.07) is 17.7. The first-order valence-corrected chi connectivity index (χ1v) is 20.6. The molecule has 4 N–H and O–H groups in total. The van der Waals surface area contributed by atoms with E-state index in [-0.39, 0.29) is 43.9 Å². The lowest BCUT2D eigenvalue weighted by atomic mass is 9.89. The number of hydrogen-bond donors (Lipinski definition) is 4. The molecule has 0 radical (unpaired) electrons. The van der Waals surface area contributed by atoms with Crippen molar-refractivity contribution in [2.75, 3.05) is 42.0 Å². The Morgan fingerprint density at radius 3 is 1.50 bits per heavy atom. The molecule has 5 heterocycles. The highest BCUT2D eigenvalue weighted by molar-refractivity contribution is 6.15. The predicted molar refractivity (Wildman–Crippen MR) is 230 cm³/mol. The minimum Gasteiger partial charge on any atom is -0.507 e. The van der Waals surface area contributed by atoms with Crippen LogP contribution in [-0.2, 0) is 27.4 Å². The van der Waals surface area contributed by atoms with Gasteiger partial charge in [-0.05, 0) is 77.4 Å². The van der Waals surface area contributed by atoms with Gasteiger partial charge in [0.15, 0.2) is 46.0 Å². The summed E-state index contributed by atoms with van der Waals surface area (Å²) in [5.41, 5.74) is 4.14. The molecule has 0 spiro atoms. The van der Waals surface area contributed by atoms with Crippen LogP contribution in [0.5, 0.6) is 57.5 Å². The summed E-state index contributed by atoms with van der Waals surface area (Å²) >= 11 is 0. The number of hydrogen-bond acceptors (Lipinski definition) is 18. The monoisotopic (exact) mass is 906 g/mol. The number of aliphatic hydroxyl groups is 3. The molecule has 0 aromatic heterocycles. The first-order chi connectivity index (χ1) is 31.9. The number of rotatable bonds is 8. The van der Waals surface area contributed by atoms with E-state index in [1.54, 1.807) is 49.4 Å². The molecular formula is C48H42O18. The fraction of sp³-hybridized carbons (Fsp3) is 0.292. The minimum absolute atomic E-state index is 0.00120. The molecule has 6 aromatic carbocycles. The van der Waals surface area contributed by atoms with Gasteiger partial charge in [-0.1, -0.05) is 12.1 Å². The smallest absolute Gasteiger partial charge is 0.339 e. The summed E-state index contributed by atoms with van der Waals surface area (Å²) in [6.45, 7) is 1.74. The maximum Gasteiger partial charge on any atom is 0.339 e. The van der Waals surface area contributed by atoms with Crippen LogP contribution in [0.2, 0.25) is 0 Å². The van der Waals surface area contributed by atoms with Gasteiger partial charge in [0, 0.05) is 33.0 Å². The number of esters is 2. The zero-order valence-electron chi connectivity index (χ0n) is 36.0. The van der Waals surface area contributed by atoms with Gasteiger partial charge in [0.25, 0.3) is 0 Å². The van der Waals surface area contributed by atoms with Gasteiger partial charge < -0.3 is 77.3 Å². The van der Waals surface area contributed by atoms with Gasteiger partial charge in [-0.3, -0.25) is 0 Å². The average molecular weight is 907 g/mol. The lowest BCUT2D eigenvalue weighted by molar-refractivity contribution is -0.268. The third-order valence-electron chi connectivity index (χ3n) is 12.2. The van der Waals surface area contributed by atoms with Crippen molar-refractivity contribution >= 4 is 33.5 Å². The lowest BCUT2D eigenvalue weighted by Gasteiger charge is -2.39. The van der Waals surface area contributed by atoms with Crippen molar-refractivity contribution in [3.05, 3.63) is 82.9 Å². The fourth-order valence-electron chi connectivity index (χ4n) is 8.90. The van der Waals surface area contributed by atoms with Crippen LogP contribution < -0.4 is 42.6 Å². The van der Waals surface area contributed by atoms with Gasteiger partial charge in [0.2, 0.25) is 19.9 Å². The molecule has 0 saturated carbocycles. The Hall–Kier alpha value is -7.38. The average Bonchev–Trinajstić information content (AvgIpc) is 4.17. The van der Waals surface area contributed by atoms with Crippen LogP contribution in [0, 0.1) is 0 Å². The summed E-state index contributed by atoms with van der Waals surface area (Å²) in [5.74, 6) is 3.34. The van der Waals surface area contributed by atoms with Crippen molar-refractivity contribution in [2.24, 2.45) is 0 Å². The number of cyclic esters (lactones) is 2. The summed E-state index contributed by atoms with van der Waals surface area (Å²) in [4.78, 5) is 25.6. The minimum atomic E-state index is -1.56. The molecule has 66 heavy (non-hydrogen) atoms. The third kappa shape index (κ3) is 6.79. The molecule has 0 bridgehead atoms. The summed E-state index contributed by atoms with van der Waals surface area (Å²) in [7, 11) is 6.06. The Morgan fingerprint density at radius 1 is 0.515 bits per heavy atom. The van der Waals surface area contributed by atoms with Crippen LogP contribution in [0.1, 0.15) is 38.8 Å². The Balaban J connectivity index is 0.000000162. The molecule has 0 aliphatic carbocycles. The number of aliphatic hydroxyl groups excluding tert-OH is 3. The zero-order chi connectivity index (χ0) is 46.1. The SMILES string of the molecule is COc1cc2c(O)c3c(c(-c4ccc5c(c4)OCO5)c2cc1OC)C(=O)OC3.COc1cc2c(OC3OC(C)C(O)C(O)C3O)c3c(c(-c4ccc5c(c4)OCO5)c2cc1OC)C(=O)OC3. The van der Waals surface area contributed by atoms with Crippen molar-refractivity contribution in [1.82, 2.24) is 0 Å². The molecule has 0 amide bonds. The van der Waals surface area contributed by atoms with E-state index in [1.807, 2.05) is 18.2 Å². The third-order valence-corrected chi connectivity index (χ3v) is 12.2. The molecule has 18 nitrogen and oxygen atoms in total. The molecule has 1 fully saturated rings. The van der Waals surface area contributed by atoms with E-state index >= 15 is 0 Å². The van der Waals surface area contributed by atoms with E-state index in [9.17, 15) is 30.0 Å². The predicted octanol–water partition coefficient (Wildman–Crippen LogP) is 5.76. The van der Waals surface area contributed by atoms with Gasteiger partial charge in [0.1, 0.15) is 43.0 Å². The number of aromatic hydroxyl groups is 1. The van der Waals surface area contributed by atoms with E-state index < -0.39 is 42.6 Å². The van der Waals surface area contributed by atoms with Crippen molar-refractivity contribution in [2.45, 2.75) is 50.8 Å². The summed E-state index contributed by atoms with van der Waals surface area (Å²) < 4.78 is 66.3. The number of phenols is 1. The second-order valence-electron chi connectivity index (χ2n) is 15.7. The van der Waals surface area contributed by atoms with E-state index in [0.29, 0.717) is 101 Å². The Kier molecular flexibility index (Phi) is 10.7. The van der Waals surface area contributed by atoms with Crippen molar-refractivity contribution in [3.8, 4) is 79.7 Å². The number of carbonyl (C=O) groups is 2. The van der Waals surface area contributed by atoms with Crippen LogP contribution in [0.3, 0.4) is 0 Å². The van der Waals surface area contributed by atoms with Crippen molar-refractivity contribution in [1.29, 1.82) is 0 Å². The molecule has 1 saturated heterocycles. The van der Waals surface area contributed by atoms with Gasteiger partial charge in [-0.2, -0.15) is 0 Å². The summed E-state index contributed by atoms with van der Waals surface area (Å²) in [6.07, 6.45) is -6.51. The van der Waals surface area contributed by atoms with Gasteiger partial charge in [0.05, 0.1) is 45.7 Å². The zero-order valence-corrected chi connectivity index (χ0v) is 36.0. The molecule has 11 rings (SSSR count). The van der Waals surface area contributed by atoms with Gasteiger partial charge in [-0.25, -0.2) is 9.59 Å². The molecule has 5 aliphatic rings. The maximum atomic E-state index is 13.1. The van der Waals surface area contributed by atoms with E-state index in [0.717, 1.165) is 5.56 Å². The van der Waals surface area contributed by atoms with Crippen molar-refractivity contribution in [3.63, 3.8) is 0 Å². The topological polar surface area (TPSA) is 226 Å². The largest absolute Gasteiger partial charge is 0.507 e. The van der Waals surface area contributed by atoms with E-state index in [4.69, 9.17) is 56.8 Å². The van der Waals surface area contributed by atoms with Crippen LogP contribution in [0.15, 0.2) is 60.7 Å². The second-order valence-corrected chi connectivity index (χ2v) is 15.7. The van der Waals surface area contributed by atoms with E-state index in [1.165, 1.54) is 28.4 Å².